The predicted molar refractivity (Wildman–Crippen MR) is 115 cm³/mol. The molecule has 7 heteroatoms. The molecule has 1 heterocycles. The van der Waals surface area contributed by atoms with Crippen molar-refractivity contribution in [2.24, 2.45) is 4.99 Å². The Kier molecular flexibility index (Phi) is 6.93. The second kappa shape index (κ2) is 9.80. The maximum Gasteiger partial charge on any atom is 0.264 e. The third-order valence-electron chi connectivity index (χ3n) is 4.08. The van der Waals surface area contributed by atoms with E-state index in [2.05, 4.69) is 17.2 Å². The second-order valence-electron chi connectivity index (χ2n) is 6.09. The normalized spacial score (nSPS) is 16.0. The van der Waals surface area contributed by atoms with E-state index in [-0.39, 0.29) is 12.5 Å². The van der Waals surface area contributed by atoms with Gasteiger partial charge in [0.25, 0.3) is 5.91 Å². The molecule has 0 radical (unpaired) electrons. The van der Waals surface area contributed by atoms with E-state index in [1.807, 2.05) is 43.3 Å². The lowest BCUT2D eigenvalue weighted by atomic mass is 10.2. The summed E-state index contributed by atoms with van der Waals surface area (Å²) in [6, 6.07) is 15.2. The number of amides is 1. The van der Waals surface area contributed by atoms with Crippen LogP contribution < -0.4 is 14.8 Å². The number of amidine groups is 1. The van der Waals surface area contributed by atoms with Gasteiger partial charge >= 0.3 is 0 Å². The molecule has 0 saturated carbocycles. The summed E-state index contributed by atoms with van der Waals surface area (Å²) in [6.07, 6.45) is 2.75. The zero-order chi connectivity index (χ0) is 20.6. The van der Waals surface area contributed by atoms with Gasteiger partial charge in [-0.05, 0) is 66.6 Å². The summed E-state index contributed by atoms with van der Waals surface area (Å²) in [5, 5.41) is 12.0. The van der Waals surface area contributed by atoms with Crippen LogP contribution in [0.3, 0.4) is 0 Å². The zero-order valence-corrected chi connectivity index (χ0v) is 17.1. The van der Waals surface area contributed by atoms with Gasteiger partial charge in [0.2, 0.25) is 0 Å². The molecule has 3 rings (SSSR count). The standard InChI is InChI=1S/C22H21N3O3S/c1-3-15-5-8-17(9-6-15)24-22-25-21(26)20(29-22)14-16-7-10-18(28-12-11-23)19(13-16)27-4-2/h5-10,13-14H,3-4,12H2,1-2H3,(H,24,25,26)/b20-14-. The van der Waals surface area contributed by atoms with E-state index >= 15 is 0 Å². The number of aryl methyl sites for hydroxylation is 1. The molecule has 29 heavy (non-hydrogen) atoms. The summed E-state index contributed by atoms with van der Waals surface area (Å²) in [6.45, 7) is 4.38. The van der Waals surface area contributed by atoms with Gasteiger partial charge in [0, 0.05) is 0 Å². The van der Waals surface area contributed by atoms with Crippen LogP contribution in [0.5, 0.6) is 11.5 Å². The van der Waals surface area contributed by atoms with Crippen molar-refractivity contribution in [1.82, 2.24) is 5.32 Å². The fraction of sp³-hybridized carbons (Fsp3) is 0.227. The molecule has 148 valence electrons. The molecule has 1 aliphatic rings. The molecule has 1 fully saturated rings. The van der Waals surface area contributed by atoms with Crippen molar-refractivity contribution in [2.45, 2.75) is 20.3 Å². The Labute approximate surface area is 174 Å². The molecule has 2 aromatic rings. The van der Waals surface area contributed by atoms with Gasteiger partial charge in [-0.15, -0.1) is 0 Å². The minimum Gasteiger partial charge on any atom is -0.490 e. The number of rotatable bonds is 7. The first-order valence-electron chi connectivity index (χ1n) is 9.28. The molecule has 0 bridgehead atoms. The number of benzene rings is 2. The van der Waals surface area contributed by atoms with Crippen molar-refractivity contribution in [3.63, 3.8) is 0 Å². The van der Waals surface area contributed by atoms with Gasteiger partial charge < -0.3 is 14.8 Å². The molecule has 1 saturated heterocycles. The highest BCUT2D eigenvalue weighted by Crippen LogP contribution is 2.32. The summed E-state index contributed by atoms with van der Waals surface area (Å²) in [7, 11) is 0. The number of nitriles is 1. The van der Waals surface area contributed by atoms with Crippen molar-refractivity contribution in [2.75, 3.05) is 13.2 Å². The van der Waals surface area contributed by atoms with Gasteiger partial charge in [-0.2, -0.15) is 5.26 Å². The van der Waals surface area contributed by atoms with E-state index in [1.54, 1.807) is 18.2 Å². The number of nitrogens with zero attached hydrogens (tertiary/aromatic N) is 2. The topological polar surface area (TPSA) is 83.7 Å². The molecule has 0 unspecified atom stereocenters. The van der Waals surface area contributed by atoms with Crippen LogP contribution in [0.15, 0.2) is 52.4 Å². The van der Waals surface area contributed by atoms with Gasteiger partial charge in [-0.3, -0.25) is 4.79 Å². The van der Waals surface area contributed by atoms with Crippen LogP contribution in [0, 0.1) is 11.3 Å². The van der Waals surface area contributed by atoms with Crippen LogP contribution in [0.25, 0.3) is 6.08 Å². The van der Waals surface area contributed by atoms with Gasteiger partial charge in [-0.25, -0.2) is 4.99 Å². The summed E-state index contributed by atoms with van der Waals surface area (Å²) in [4.78, 5) is 17.4. The molecular formula is C22H21N3O3S. The van der Waals surface area contributed by atoms with Crippen molar-refractivity contribution >= 4 is 34.6 Å². The molecule has 1 amide bonds. The predicted octanol–water partition coefficient (Wildman–Crippen LogP) is 4.44. The van der Waals surface area contributed by atoms with Crippen LogP contribution >= 0.6 is 11.8 Å². The van der Waals surface area contributed by atoms with Gasteiger partial charge in [0.1, 0.15) is 6.07 Å². The maximum atomic E-state index is 12.3. The summed E-state index contributed by atoms with van der Waals surface area (Å²) >= 11 is 1.29. The number of nitrogens with one attached hydrogen (secondary N) is 1. The summed E-state index contributed by atoms with van der Waals surface area (Å²) in [5.74, 6) is 0.837. The molecule has 0 spiro atoms. The van der Waals surface area contributed by atoms with E-state index in [1.165, 1.54) is 17.3 Å². The van der Waals surface area contributed by atoms with E-state index < -0.39 is 0 Å². The number of thioether (sulfide) groups is 1. The highest BCUT2D eigenvalue weighted by Gasteiger charge is 2.24. The minimum atomic E-state index is -0.193. The molecular weight excluding hydrogens is 386 g/mol. The highest BCUT2D eigenvalue weighted by atomic mass is 32.2. The van der Waals surface area contributed by atoms with E-state index in [0.717, 1.165) is 17.7 Å². The zero-order valence-electron chi connectivity index (χ0n) is 16.3. The average Bonchev–Trinajstić information content (AvgIpc) is 3.07. The number of carbonyl (C=O) groups excluding carboxylic acids is 1. The molecule has 1 aliphatic heterocycles. The summed E-state index contributed by atoms with van der Waals surface area (Å²) < 4.78 is 11.0. The Morgan fingerprint density at radius 2 is 1.93 bits per heavy atom. The smallest absolute Gasteiger partial charge is 0.264 e. The van der Waals surface area contributed by atoms with Crippen LogP contribution in [-0.4, -0.2) is 24.3 Å². The van der Waals surface area contributed by atoms with Gasteiger partial charge in [0.05, 0.1) is 17.2 Å². The minimum absolute atomic E-state index is 0.0577. The lowest BCUT2D eigenvalue weighted by Crippen LogP contribution is -2.19. The number of ether oxygens (including phenoxy) is 2. The molecule has 0 aliphatic carbocycles. The van der Waals surface area contributed by atoms with Crippen LogP contribution in [0.1, 0.15) is 25.0 Å². The fourth-order valence-electron chi connectivity index (χ4n) is 2.67. The Morgan fingerprint density at radius 1 is 1.14 bits per heavy atom. The van der Waals surface area contributed by atoms with Crippen LogP contribution in [-0.2, 0) is 11.2 Å². The quantitative estimate of drug-likeness (QED) is 0.686. The largest absolute Gasteiger partial charge is 0.490 e. The average molecular weight is 407 g/mol. The number of hydrogen-bond acceptors (Lipinski definition) is 6. The maximum absolute atomic E-state index is 12.3. The number of hydrogen-bond donors (Lipinski definition) is 1. The number of aliphatic imine (C=N–C) groups is 1. The van der Waals surface area contributed by atoms with Crippen molar-refractivity contribution in [1.29, 1.82) is 5.26 Å². The lowest BCUT2D eigenvalue weighted by Gasteiger charge is -2.10. The van der Waals surface area contributed by atoms with Crippen molar-refractivity contribution in [3.8, 4) is 17.6 Å². The molecule has 6 nitrogen and oxygen atoms in total. The first-order chi connectivity index (χ1) is 14.1. The molecule has 1 N–H and O–H groups in total. The highest BCUT2D eigenvalue weighted by molar-refractivity contribution is 8.18. The van der Waals surface area contributed by atoms with Crippen LogP contribution in [0.2, 0.25) is 0 Å². The van der Waals surface area contributed by atoms with Crippen molar-refractivity contribution < 1.29 is 14.3 Å². The van der Waals surface area contributed by atoms with Gasteiger partial charge in [0.15, 0.2) is 23.3 Å². The molecule has 0 atom stereocenters. The Balaban J connectivity index is 1.79. The first-order valence-corrected chi connectivity index (χ1v) is 10.1. The number of carbonyl (C=O) groups is 1. The Hall–Kier alpha value is -3.24. The van der Waals surface area contributed by atoms with Crippen LogP contribution in [0.4, 0.5) is 5.69 Å². The van der Waals surface area contributed by atoms with E-state index in [0.29, 0.717) is 28.2 Å². The van der Waals surface area contributed by atoms with E-state index in [4.69, 9.17) is 14.7 Å². The third-order valence-corrected chi connectivity index (χ3v) is 4.99. The monoisotopic (exact) mass is 407 g/mol. The SMILES string of the molecule is CCOc1cc(/C=C2\SC(=Nc3ccc(CC)cc3)NC2=O)ccc1OCC#N. The lowest BCUT2D eigenvalue weighted by molar-refractivity contribution is -0.115. The van der Waals surface area contributed by atoms with Crippen molar-refractivity contribution in [3.05, 3.63) is 58.5 Å². The first kappa shape index (κ1) is 20.5. The summed E-state index contributed by atoms with van der Waals surface area (Å²) in [5.41, 5.74) is 2.83. The third kappa shape index (κ3) is 5.39. The fourth-order valence-corrected chi connectivity index (χ4v) is 3.51. The molecule has 0 aromatic heterocycles. The Morgan fingerprint density at radius 3 is 2.62 bits per heavy atom. The Bertz CT molecular complexity index is 991. The second-order valence-corrected chi connectivity index (χ2v) is 7.12. The van der Waals surface area contributed by atoms with E-state index in [9.17, 15) is 4.79 Å². The molecule has 2 aromatic carbocycles. The van der Waals surface area contributed by atoms with Gasteiger partial charge in [-0.1, -0.05) is 25.1 Å².